The van der Waals surface area contributed by atoms with Gasteiger partial charge in [-0.05, 0) is 55.9 Å². The Hall–Kier alpha value is -2.53. The molecule has 0 fully saturated rings. The van der Waals surface area contributed by atoms with Crippen LogP contribution in [-0.2, 0) is 6.42 Å². The summed E-state index contributed by atoms with van der Waals surface area (Å²) < 4.78 is 10.9. The molecule has 0 unspecified atom stereocenters. The van der Waals surface area contributed by atoms with E-state index < -0.39 is 5.91 Å². The quantitative estimate of drug-likeness (QED) is 0.786. The first-order valence-corrected chi connectivity index (χ1v) is 7.09. The van der Waals surface area contributed by atoms with Crippen molar-refractivity contribution in [3.05, 3.63) is 48.1 Å². The van der Waals surface area contributed by atoms with Crippen LogP contribution in [0.5, 0.6) is 0 Å². The summed E-state index contributed by atoms with van der Waals surface area (Å²) in [5.74, 6) is 0.242. The number of nitrogens with zero attached hydrogens (tertiary/aromatic N) is 1. The minimum absolute atomic E-state index is 0.166. The third-order valence-corrected chi connectivity index (χ3v) is 3.69. The van der Waals surface area contributed by atoms with E-state index in [-0.39, 0.29) is 5.76 Å². The van der Waals surface area contributed by atoms with Gasteiger partial charge >= 0.3 is 0 Å². The molecule has 0 aromatic carbocycles. The molecule has 1 amide bonds. The smallest absolute Gasteiger partial charge is 0.284 e. The van der Waals surface area contributed by atoms with Crippen molar-refractivity contribution in [3.8, 4) is 22.5 Å². The normalized spacial score (nSPS) is 11.4. The molecule has 2 aliphatic rings. The molecule has 0 bridgehead atoms. The highest BCUT2D eigenvalue weighted by Crippen LogP contribution is 2.39. The molecule has 1 aromatic heterocycles. The molecule has 1 aliphatic carbocycles. The number of nitrogens with two attached hydrogens (primary N) is 1. The van der Waals surface area contributed by atoms with Crippen LogP contribution in [0.3, 0.4) is 0 Å². The van der Waals surface area contributed by atoms with E-state index in [2.05, 4.69) is 11.0 Å². The summed E-state index contributed by atoms with van der Waals surface area (Å²) >= 11 is 0. The van der Waals surface area contributed by atoms with Gasteiger partial charge in [0.05, 0.1) is 12.5 Å². The van der Waals surface area contributed by atoms with E-state index in [9.17, 15) is 4.79 Å². The maximum atomic E-state index is 11.2. The number of furan rings is 1. The first-order chi connectivity index (χ1) is 10.6. The second kappa shape index (κ2) is 5.69. The summed E-state index contributed by atoms with van der Waals surface area (Å²) in [6.07, 6.45) is 4.30. The Morgan fingerprint density at radius 1 is 1.18 bits per heavy atom. The Balaban J connectivity index is 2.03. The summed E-state index contributed by atoms with van der Waals surface area (Å²) in [6, 6.07) is 7.38. The van der Waals surface area contributed by atoms with Gasteiger partial charge in [-0.3, -0.25) is 4.79 Å². The summed E-state index contributed by atoms with van der Waals surface area (Å²) in [6.45, 7) is 0.943. The lowest BCUT2D eigenvalue weighted by molar-refractivity contribution is 0.0974. The average Bonchev–Trinajstić information content (AvgIpc) is 3.10. The SMILES string of the molecule is CN(C)CCc1cc(-c2ccc(C(N)=O)o2)c2ccocc1-2. The monoisotopic (exact) mass is 298 g/mol. The maximum Gasteiger partial charge on any atom is 0.284 e. The van der Waals surface area contributed by atoms with E-state index >= 15 is 0 Å². The summed E-state index contributed by atoms with van der Waals surface area (Å²) in [5.41, 5.74) is 9.51. The summed E-state index contributed by atoms with van der Waals surface area (Å²) in [4.78, 5) is 13.3. The number of carbonyl (C=O) groups excluding carboxylic acids is 1. The molecule has 114 valence electrons. The number of hydrogen-bond donors (Lipinski definition) is 1. The van der Waals surface area contributed by atoms with Crippen LogP contribution in [0.25, 0.3) is 22.5 Å². The van der Waals surface area contributed by atoms with Gasteiger partial charge in [0.2, 0.25) is 0 Å². The third kappa shape index (κ3) is 2.63. The van der Waals surface area contributed by atoms with Crippen molar-refractivity contribution in [2.45, 2.75) is 6.42 Å². The van der Waals surface area contributed by atoms with Crippen molar-refractivity contribution in [2.75, 3.05) is 20.6 Å². The van der Waals surface area contributed by atoms with Crippen LogP contribution in [-0.4, -0.2) is 31.4 Å². The Morgan fingerprint density at radius 2 is 2.00 bits per heavy atom. The lowest BCUT2D eigenvalue weighted by Crippen LogP contribution is -2.14. The van der Waals surface area contributed by atoms with Gasteiger partial charge < -0.3 is 19.5 Å². The Morgan fingerprint density at radius 3 is 2.68 bits per heavy atom. The van der Waals surface area contributed by atoms with Crippen molar-refractivity contribution >= 4 is 5.91 Å². The van der Waals surface area contributed by atoms with Gasteiger partial charge in [0.1, 0.15) is 5.76 Å². The Kier molecular flexibility index (Phi) is 3.73. The van der Waals surface area contributed by atoms with Crippen LogP contribution in [0.1, 0.15) is 16.1 Å². The number of carbonyl (C=O) groups is 1. The molecule has 0 saturated carbocycles. The van der Waals surface area contributed by atoms with Crippen LogP contribution in [0, 0.1) is 0 Å². The van der Waals surface area contributed by atoms with Crippen LogP contribution in [0.2, 0.25) is 0 Å². The highest BCUT2D eigenvalue weighted by molar-refractivity contribution is 5.92. The highest BCUT2D eigenvalue weighted by atomic mass is 16.3. The molecule has 22 heavy (non-hydrogen) atoms. The van der Waals surface area contributed by atoms with E-state index in [4.69, 9.17) is 14.6 Å². The predicted molar refractivity (Wildman–Crippen MR) is 83.8 cm³/mol. The maximum absolute atomic E-state index is 11.2. The third-order valence-electron chi connectivity index (χ3n) is 3.69. The van der Waals surface area contributed by atoms with Gasteiger partial charge in [-0.1, -0.05) is 0 Å². The van der Waals surface area contributed by atoms with E-state index in [0.29, 0.717) is 5.76 Å². The minimum Gasteiger partial charge on any atom is -0.472 e. The fourth-order valence-electron chi connectivity index (χ4n) is 2.55. The van der Waals surface area contributed by atoms with Gasteiger partial charge in [-0.2, -0.15) is 0 Å². The molecule has 1 aliphatic heterocycles. The number of primary amides is 1. The van der Waals surface area contributed by atoms with Gasteiger partial charge in [-0.15, -0.1) is 0 Å². The molecule has 2 N–H and O–H groups in total. The van der Waals surface area contributed by atoms with Crippen LogP contribution >= 0.6 is 0 Å². The van der Waals surface area contributed by atoms with Gasteiger partial charge in [-0.25, -0.2) is 0 Å². The van der Waals surface area contributed by atoms with Gasteiger partial charge in [0.15, 0.2) is 5.76 Å². The second-order valence-electron chi connectivity index (χ2n) is 5.55. The summed E-state index contributed by atoms with van der Waals surface area (Å²) in [5, 5.41) is 0. The van der Waals surface area contributed by atoms with Crippen LogP contribution in [0.15, 0.2) is 45.6 Å². The number of rotatable bonds is 5. The topological polar surface area (TPSA) is 72.6 Å². The number of fused-ring (bicyclic) bond motifs is 1. The van der Waals surface area contributed by atoms with Gasteiger partial charge in [0, 0.05) is 17.7 Å². The fraction of sp³-hybridized carbons (Fsp3) is 0.235. The highest BCUT2D eigenvalue weighted by Gasteiger charge is 2.20. The van der Waals surface area contributed by atoms with E-state index in [1.54, 1.807) is 24.7 Å². The number of likely N-dealkylation sites (N-methyl/N-ethyl adjacent to an activating group) is 1. The molecule has 1 aromatic rings. The zero-order valence-electron chi connectivity index (χ0n) is 12.6. The van der Waals surface area contributed by atoms with Crippen LogP contribution in [0.4, 0.5) is 0 Å². The zero-order valence-corrected chi connectivity index (χ0v) is 12.6. The zero-order chi connectivity index (χ0) is 15.7. The van der Waals surface area contributed by atoms with Crippen molar-refractivity contribution in [1.82, 2.24) is 4.90 Å². The van der Waals surface area contributed by atoms with Crippen LogP contribution < -0.4 is 5.73 Å². The average molecular weight is 298 g/mol. The van der Waals surface area contributed by atoms with Crippen molar-refractivity contribution in [2.24, 2.45) is 5.73 Å². The second-order valence-corrected chi connectivity index (χ2v) is 5.55. The molecule has 0 atom stereocenters. The summed E-state index contributed by atoms with van der Waals surface area (Å²) in [7, 11) is 4.09. The molecule has 2 heterocycles. The molecule has 5 nitrogen and oxygen atoms in total. The van der Waals surface area contributed by atoms with E-state index in [1.807, 2.05) is 20.2 Å². The Bertz CT molecular complexity index is 770. The van der Waals surface area contributed by atoms with Crippen molar-refractivity contribution in [1.29, 1.82) is 0 Å². The molecule has 3 rings (SSSR count). The first kappa shape index (κ1) is 14.4. The molecule has 0 radical (unpaired) electrons. The predicted octanol–water partition coefficient (Wildman–Crippen LogP) is 2.85. The molecule has 0 saturated heterocycles. The van der Waals surface area contributed by atoms with Gasteiger partial charge in [0.25, 0.3) is 5.91 Å². The first-order valence-electron chi connectivity index (χ1n) is 7.09. The molecular formula is C17H18N2O3. The van der Waals surface area contributed by atoms with Crippen molar-refractivity contribution in [3.63, 3.8) is 0 Å². The lowest BCUT2D eigenvalue weighted by atomic mass is 10.1. The fourth-order valence-corrected chi connectivity index (χ4v) is 2.55. The number of amides is 1. The minimum atomic E-state index is -0.565. The Labute approximate surface area is 128 Å². The molecular weight excluding hydrogens is 280 g/mol. The van der Waals surface area contributed by atoms with E-state index in [0.717, 1.165) is 29.7 Å². The van der Waals surface area contributed by atoms with E-state index in [1.165, 1.54) is 5.56 Å². The number of hydrogen-bond acceptors (Lipinski definition) is 4. The molecule has 0 spiro atoms. The standard InChI is InChI=1S/C17H18N2O3/c1-19(2)7-5-11-9-13(12-6-8-21-10-14(11)12)15-3-4-16(22-15)17(18)20/h3-4,6,8-10H,5,7H2,1-2H3,(H2,18,20). The van der Waals surface area contributed by atoms with Crippen molar-refractivity contribution < 1.29 is 13.6 Å². The molecule has 5 heteroatoms. The largest absolute Gasteiger partial charge is 0.472 e. The lowest BCUT2D eigenvalue weighted by Gasteiger charge is -2.09.